The highest BCUT2D eigenvalue weighted by atomic mass is 16.5. The minimum absolute atomic E-state index is 0.0684. The van der Waals surface area contributed by atoms with Crippen molar-refractivity contribution in [2.45, 2.75) is 115 Å². The first-order valence-electron chi connectivity index (χ1n) is 11.5. The standard InChI is InChI=1S/C23H44O5/c1-2-3-4-5-6-7-8-9-10-11-12-13-14-15-16-17-27-18-21(25)23-22(26)20(24)19-28-23/h5-6,20-26H,2-4,7-19H2,1H3/b6-5+/t20-,21+,22+,23+/m1/s1. The summed E-state index contributed by atoms with van der Waals surface area (Å²) >= 11 is 0. The molecule has 1 saturated heterocycles. The highest BCUT2D eigenvalue weighted by molar-refractivity contribution is 4.87. The van der Waals surface area contributed by atoms with E-state index >= 15 is 0 Å². The highest BCUT2D eigenvalue weighted by Crippen LogP contribution is 2.18. The summed E-state index contributed by atoms with van der Waals surface area (Å²) in [5.41, 5.74) is 0. The van der Waals surface area contributed by atoms with E-state index in [2.05, 4.69) is 19.1 Å². The lowest BCUT2D eigenvalue weighted by Gasteiger charge is -2.20. The Morgan fingerprint density at radius 3 is 2.04 bits per heavy atom. The molecule has 1 aliphatic rings. The molecule has 3 N–H and O–H groups in total. The average molecular weight is 401 g/mol. The van der Waals surface area contributed by atoms with Crippen molar-refractivity contribution in [3.05, 3.63) is 12.2 Å². The molecule has 0 aliphatic carbocycles. The smallest absolute Gasteiger partial charge is 0.114 e. The first-order chi connectivity index (χ1) is 13.7. The molecule has 0 amide bonds. The fourth-order valence-corrected chi connectivity index (χ4v) is 3.52. The normalized spacial score (nSPS) is 23.6. The van der Waals surface area contributed by atoms with Crippen molar-refractivity contribution in [2.75, 3.05) is 19.8 Å². The Kier molecular flexibility index (Phi) is 15.9. The van der Waals surface area contributed by atoms with Gasteiger partial charge in [-0.15, -0.1) is 0 Å². The van der Waals surface area contributed by atoms with Crippen molar-refractivity contribution < 1.29 is 24.8 Å². The molecule has 5 heteroatoms. The van der Waals surface area contributed by atoms with E-state index in [1.54, 1.807) is 0 Å². The topological polar surface area (TPSA) is 79.2 Å². The Balaban J connectivity index is 1.78. The molecule has 0 unspecified atom stereocenters. The molecule has 0 saturated carbocycles. The summed E-state index contributed by atoms with van der Waals surface area (Å²) in [6.07, 6.45) is 17.6. The van der Waals surface area contributed by atoms with E-state index in [0.717, 1.165) is 12.8 Å². The van der Waals surface area contributed by atoms with Gasteiger partial charge in [0.05, 0.1) is 13.2 Å². The van der Waals surface area contributed by atoms with E-state index in [9.17, 15) is 15.3 Å². The number of hydrogen-bond donors (Lipinski definition) is 3. The molecule has 1 fully saturated rings. The molecule has 0 aromatic rings. The van der Waals surface area contributed by atoms with Gasteiger partial charge in [0.1, 0.15) is 24.4 Å². The van der Waals surface area contributed by atoms with Gasteiger partial charge in [-0.05, 0) is 25.7 Å². The quantitative estimate of drug-likeness (QED) is 0.238. The van der Waals surface area contributed by atoms with Gasteiger partial charge in [-0.1, -0.05) is 76.9 Å². The van der Waals surface area contributed by atoms with Crippen LogP contribution in [0.4, 0.5) is 0 Å². The van der Waals surface area contributed by atoms with Crippen LogP contribution < -0.4 is 0 Å². The molecule has 0 aromatic carbocycles. The fraction of sp³-hybridized carbons (Fsp3) is 0.913. The van der Waals surface area contributed by atoms with Crippen molar-refractivity contribution in [2.24, 2.45) is 0 Å². The zero-order valence-electron chi connectivity index (χ0n) is 17.9. The predicted octanol–water partition coefficient (Wildman–Crippen LogP) is 4.13. The average Bonchev–Trinajstić information content (AvgIpc) is 3.03. The van der Waals surface area contributed by atoms with Crippen LogP contribution in [0.2, 0.25) is 0 Å². The van der Waals surface area contributed by atoms with Gasteiger partial charge in [-0.25, -0.2) is 0 Å². The van der Waals surface area contributed by atoms with Gasteiger partial charge in [0.15, 0.2) is 0 Å². The van der Waals surface area contributed by atoms with Crippen LogP contribution in [0.5, 0.6) is 0 Å². The van der Waals surface area contributed by atoms with Gasteiger partial charge in [-0.3, -0.25) is 0 Å². The lowest BCUT2D eigenvalue weighted by molar-refractivity contribution is -0.0813. The van der Waals surface area contributed by atoms with Gasteiger partial charge >= 0.3 is 0 Å². The van der Waals surface area contributed by atoms with E-state index in [0.29, 0.717) is 6.61 Å². The number of unbranched alkanes of at least 4 members (excludes halogenated alkanes) is 11. The number of rotatable bonds is 18. The Hall–Kier alpha value is -0.460. The van der Waals surface area contributed by atoms with Crippen LogP contribution in [-0.2, 0) is 9.47 Å². The molecule has 0 radical (unpaired) electrons. The lowest BCUT2D eigenvalue weighted by atomic mass is 10.1. The monoisotopic (exact) mass is 400 g/mol. The van der Waals surface area contributed by atoms with Crippen LogP contribution in [0, 0.1) is 0 Å². The maximum absolute atomic E-state index is 9.94. The minimum atomic E-state index is -1.03. The summed E-state index contributed by atoms with van der Waals surface area (Å²) in [7, 11) is 0. The van der Waals surface area contributed by atoms with Gasteiger partial charge in [0.25, 0.3) is 0 Å². The van der Waals surface area contributed by atoms with Crippen LogP contribution in [0.25, 0.3) is 0 Å². The zero-order chi connectivity index (χ0) is 20.5. The Bertz CT molecular complexity index is 374. The fourth-order valence-electron chi connectivity index (χ4n) is 3.52. The summed E-state index contributed by atoms with van der Waals surface area (Å²) < 4.78 is 10.7. The molecule has 1 heterocycles. The molecule has 0 spiro atoms. The number of ether oxygens (including phenoxy) is 2. The lowest BCUT2D eigenvalue weighted by Crippen LogP contribution is -2.40. The van der Waals surface area contributed by atoms with Crippen LogP contribution in [0.15, 0.2) is 12.2 Å². The van der Waals surface area contributed by atoms with Crippen LogP contribution >= 0.6 is 0 Å². The molecule has 0 bridgehead atoms. The van der Waals surface area contributed by atoms with E-state index in [1.807, 2.05) is 0 Å². The Morgan fingerprint density at radius 1 is 0.893 bits per heavy atom. The van der Waals surface area contributed by atoms with Crippen molar-refractivity contribution in [3.8, 4) is 0 Å². The van der Waals surface area contributed by atoms with Crippen LogP contribution in [0.1, 0.15) is 90.4 Å². The van der Waals surface area contributed by atoms with E-state index in [-0.39, 0.29) is 13.2 Å². The zero-order valence-corrected chi connectivity index (χ0v) is 17.9. The van der Waals surface area contributed by atoms with Crippen molar-refractivity contribution in [1.82, 2.24) is 0 Å². The minimum Gasteiger partial charge on any atom is -0.388 e. The van der Waals surface area contributed by atoms with E-state index in [4.69, 9.17) is 9.47 Å². The Labute approximate surface area is 172 Å². The van der Waals surface area contributed by atoms with E-state index in [1.165, 1.54) is 70.6 Å². The largest absolute Gasteiger partial charge is 0.388 e. The maximum Gasteiger partial charge on any atom is 0.114 e. The number of aliphatic hydroxyl groups is 3. The molecule has 166 valence electrons. The second-order valence-corrected chi connectivity index (χ2v) is 8.08. The summed E-state index contributed by atoms with van der Waals surface area (Å²) in [5, 5.41) is 29.0. The highest BCUT2D eigenvalue weighted by Gasteiger charge is 2.39. The molecule has 4 atom stereocenters. The number of allylic oxidation sites excluding steroid dienone is 2. The van der Waals surface area contributed by atoms with Gasteiger partial charge in [0, 0.05) is 6.61 Å². The molecule has 1 aliphatic heterocycles. The summed E-state index contributed by atoms with van der Waals surface area (Å²) in [5.74, 6) is 0. The molecular formula is C23H44O5. The first-order valence-corrected chi connectivity index (χ1v) is 11.5. The van der Waals surface area contributed by atoms with Gasteiger partial charge < -0.3 is 24.8 Å². The van der Waals surface area contributed by atoms with Crippen LogP contribution in [-0.4, -0.2) is 59.6 Å². The van der Waals surface area contributed by atoms with Crippen LogP contribution in [0.3, 0.4) is 0 Å². The summed E-state index contributed by atoms with van der Waals surface area (Å²) in [6.45, 7) is 3.07. The maximum atomic E-state index is 9.94. The second kappa shape index (κ2) is 17.4. The SMILES string of the molecule is CCCC/C=C/CCCCCCCCCCCOC[C@H](O)[C@@H]1OC[C@@H](O)[C@@H]1O. The summed E-state index contributed by atoms with van der Waals surface area (Å²) in [6, 6.07) is 0. The molecule has 28 heavy (non-hydrogen) atoms. The second-order valence-electron chi connectivity index (χ2n) is 8.08. The third kappa shape index (κ3) is 12.2. The van der Waals surface area contributed by atoms with Gasteiger partial charge in [-0.2, -0.15) is 0 Å². The third-order valence-corrected chi connectivity index (χ3v) is 5.41. The molecule has 1 rings (SSSR count). The van der Waals surface area contributed by atoms with Crippen molar-refractivity contribution in [1.29, 1.82) is 0 Å². The third-order valence-electron chi connectivity index (χ3n) is 5.41. The number of aliphatic hydroxyl groups excluding tert-OH is 3. The molecule has 0 aromatic heterocycles. The summed E-state index contributed by atoms with van der Waals surface area (Å²) in [4.78, 5) is 0. The van der Waals surface area contributed by atoms with E-state index < -0.39 is 24.4 Å². The van der Waals surface area contributed by atoms with Gasteiger partial charge in [0.2, 0.25) is 0 Å². The van der Waals surface area contributed by atoms with Crippen molar-refractivity contribution in [3.63, 3.8) is 0 Å². The molecule has 5 nitrogen and oxygen atoms in total. The predicted molar refractivity (Wildman–Crippen MR) is 113 cm³/mol. The Morgan fingerprint density at radius 2 is 1.46 bits per heavy atom. The first kappa shape index (κ1) is 25.6. The number of hydrogen-bond acceptors (Lipinski definition) is 5. The molecular weight excluding hydrogens is 356 g/mol. The van der Waals surface area contributed by atoms with Crippen molar-refractivity contribution >= 4 is 0 Å².